The molecule has 0 amide bonds. The average Bonchev–Trinajstić information content (AvgIpc) is 3.13. The van der Waals surface area contributed by atoms with Crippen molar-refractivity contribution in [3.8, 4) is 0 Å². The fourth-order valence-corrected chi connectivity index (χ4v) is 7.26. The minimum atomic E-state index is -4.28. The Balaban J connectivity index is 4.04. The predicted molar refractivity (Wildman–Crippen MR) is 221 cm³/mol. The van der Waals surface area contributed by atoms with Crippen molar-refractivity contribution in [3.63, 3.8) is 0 Å². The highest BCUT2D eigenvalue weighted by Gasteiger charge is 2.25. The third-order valence-electron chi connectivity index (χ3n) is 9.82. The van der Waals surface area contributed by atoms with E-state index in [2.05, 4.69) is 26.0 Å². The van der Waals surface area contributed by atoms with E-state index in [4.69, 9.17) is 18.5 Å². The highest BCUT2D eigenvalue weighted by molar-refractivity contribution is 7.47. The van der Waals surface area contributed by atoms with Crippen LogP contribution in [0.15, 0.2) is 12.2 Å². The summed E-state index contributed by atoms with van der Waals surface area (Å²) in [7, 11) is -4.28. The van der Waals surface area contributed by atoms with Crippen LogP contribution in [0.4, 0.5) is 0 Å². The van der Waals surface area contributed by atoms with Gasteiger partial charge in [0.25, 0.3) is 0 Å². The summed E-state index contributed by atoms with van der Waals surface area (Å²) in [5.74, 6) is -0.790. The Morgan fingerprint density at radius 2 is 0.849 bits per heavy atom. The summed E-state index contributed by atoms with van der Waals surface area (Å²) in [4.78, 5) is 34.8. The summed E-state index contributed by atoms with van der Waals surface area (Å²) >= 11 is 0. The second-order valence-electron chi connectivity index (χ2n) is 15.1. The van der Waals surface area contributed by atoms with Gasteiger partial charge >= 0.3 is 19.8 Å². The first-order valence-corrected chi connectivity index (χ1v) is 24.0. The van der Waals surface area contributed by atoms with Crippen LogP contribution in [0.3, 0.4) is 0 Å². The van der Waals surface area contributed by atoms with E-state index in [1.165, 1.54) is 154 Å². The molecule has 0 bridgehead atoms. The first-order valence-electron chi connectivity index (χ1n) is 22.5. The summed E-state index contributed by atoms with van der Waals surface area (Å²) in [5.41, 5.74) is 0. The highest BCUT2D eigenvalue weighted by Crippen LogP contribution is 2.43. The number of phosphoric acid groups is 1. The highest BCUT2D eigenvalue weighted by atomic mass is 31.2. The number of phosphoric ester groups is 1. The minimum Gasteiger partial charge on any atom is -0.462 e. The molecular formula is C44H85O8P. The van der Waals surface area contributed by atoms with Gasteiger partial charge < -0.3 is 14.4 Å². The van der Waals surface area contributed by atoms with Gasteiger partial charge in [-0.2, -0.15) is 0 Å². The molecule has 8 nitrogen and oxygen atoms in total. The third-order valence-corrected chi connectivity index (χ3v) is 10.9. The maximum absolute atomic E-state index is 12.6. The number of allylic oxidation sites excluding steroid dienone is 2. The van der Waals surface area contributed by atoms with Gasteiger partial charge in [-0.3, -0.25) is 18.6 Å². The molecule has 314 valence electrons. The molecule has 2 atom stereocenters. The van der Waals surface area contributed by atoms with E-state index < -0.39 is 19.9 Å². The standard InChI is InChI=1S/C44H85O8P/c1-4-7-9-11-13-15-17-19-21-22-23-25-27-29-31-33-35-37-39-44(46)52-42(41-51-53(47,48)50-6-3)40-49-43(45)38-36-34-32-30-28-26-24-20-18-16-14-12-10-8-5-2/h21-22,42H,4-20,23-41H2,1-3H3,(H,47,48)/b22-21-. The number of carbonyl (C=O) groups excluding carboxylic acids is 2. The van der Waals surface area contributed by atoms with E-state index in [0.29, 0.717) is 12.8 Å². The molecule has 0 spiro atoms. The van der Waals surface area contributed by atoms with Gasteiger partial charge in [0.15, 0.2) is 6.10 Å². The second kappa shape index (κ2) is 40.5. The lowest BCUT2D eigenvalue weighted by atomic mass is 10.0. The molecule has 0 saturated carbocycles. The molecule has 0 saturated heterocycles. The van der Waals surface area contributed by atoms with Gasteiger partial charge in [0.05, 0.1) is 13.2 Å². The van der Waals surface area contributed by atoms with Crippen LogP contribution in [0.25, 0.3) is 0 Å². The van der Waals surface area contributed by atoms with Gasteiger partial charge in [-0.1, -0.05) is 187 Å². The topological polar surface area (TPSA) is 108 Å². The van der Waals surface area contributed by atoms with Crippen LogP contribution in [0.1, 0.15) is 233 Å². The fraction of sp³-hybridized carbons (Fsp3) is 0.909. The Hall–Kier alpha value is -1.21. The molecule has 0 aromatic carbocycles. The molecule has 1 N–H and O–H groups in total. The van der Waals surface area contributed by atoms with E-state index in [1.54, 1.807) is 6.92 Å². The lowest BCUT2D eigenvalue weighted by Crippen LogP contribution is -2.29. The Bertz CT molecular complexity index is 879. The van der Waals surface area contributed by atoms with Gasteiger partial charge in [-0.25, -0.2) is 4.57 Å². The van der Waals surface area contributed by atoms with E-state index in [1.807, 2.05) is 0 Å². The number of carbonyl (C=O) groups is 2. The molecule has 0 rings (SSSR count). The Morgan fingerprint density at radius 3 is 1.25 bits per heavy atom. The number of hydrogen-bond donors (Lipinski definition) is 1. The number of esters is 2. The molecule has 0 fully saturated rings. The number of rotatable bonds is 42. The first-order chi connectivity index (χ1) is 25.8. The van der Waals surface area contributed by atoms with Crippen LogP contribution < -0.4 is 0 Å². The summed E-state index contributed by atoms with van der Waals surface area (Å²) in [5, 5.41) is 0. The largest absolute Gasteiger partial charge is 0.472 e. The monoisotopic (exact) mass is 773 g/mol. The zero-order valence-corrected chi connectivity index (χ0v) is 35.8. The Kier molecular flexibility index (Phi) is 39.5. The first kappa shape index (κ1) is 51.8. The molecule has 2 unspecified atom stereocenters. The smallest absolute Gasteiger partial charge is 0.462 e. The van der Waals surface area contributed by atoms with Crippen molar-refractivity contribution in [2.75, 3.05) is 19.8 Å². The van der Waals surface area contributed by atoms with Gasteiger partial charge in [0.1, 0.15) is 6.61 Å². The molecule has 0 radical (unpaired) electrons. The van der Waals surface area contributed by atoms with Crippen LogP contribution in [0, 0.1) is 0 Å². The van der Waals surface area contributed by atoms with E-state index in [0.717, 1.165) is 38.5 Å². The zero-order chi connectivity index (χ0) is 38.9. The van der Waals surface area contributed by atoms with Crippen molar-refractivity contribution in [1.82, 2.24) is 0 Å². The molecule has 0 aromatic rings. The number of ether oxygens (including phenoxy) is 2. The second-order valence-corrected chi connectivity index (χ2v) is 16.5. The fourth-order valence-electron chi connectivity index (χ4n) is 6.51. The van der Waals surface area contributed by atoms with Crippen molar-refractivity contribution in [1.29, 1.82) is 0 Å². The van der Waals surface area contributed by atoms with Crippen LogP contribution in [-0.4, -0.2) is 42.8 Å². The van der Waals surface area contributed by atoms with E-state index >= 15 is 0 Å². The third kappa shape index (κ3) is 40.3. The summed E-state index contributed by atoms with van der Waals surface area (Å²) in [6, 6.07) is 0. The minimum absolute atomic E-state index is 0.00286. The van der Waals surface area contributed by atoms with E-state index in [-0.39, 0.29) is 32.2 Å². The zero-order valence-electron chi connectivity index (χ0n) is 34.9. The lowest BCUT2D eigenvalue weighted by Gasteiger charge is -2.19. The normalized spacial score (nSPS) is 13.4. The molecule has 0 aliphatic carbocycles. The Morgan fingerprint density at radius 1 is 0.491 bits per heavy atom. The van der Waals surface area contributed by atoms with Crippen molar-refractivity contribution >= 4 is 19.8 Å². The van der Waals surface area contributed by atoms with Crippen LogP contribution >= 0.6 is 7.82 Å². The van der Waals surface area contributed by atoms with Crippen molar-refractivity contribution in [2.45, 2.75) is 239 Å². The maximum Gasteiger partial charge on any atom is 0.472 e. The summed E-state index contributed by atoms with van der Waals surface area (Å²) in [6.45, 7) is 5.50. The summed E-state index contributed by atoms with van der Waals surface area (Å²) < 4.78 is 32.7. The molecule has 0 heterocycles. The van der Waals surface area contributed by atoms with Crippen LogP contribution in [0.5, 0.6) is 0 Å². The van der Waals surface area contributed by atoms with E-state index in [9.17, 15) is 19.0 Å². The maximum atomic E-state index is 12.6. The van der Waals surface area contributed by atoms with Crippen molar-refractivity contribution in [3.05, 3.63) is 12.2 Å². The lowest BCUT2D eigenvalue weighted by molar-refractivity contribution is -0.161. The SMILES string of the molecule is CCCCCCCCC/C=C\CCCCCCCCCC(=O)OC(COC(=O)CCCCCCCCCCCCCCCCC)COP(=O)(O)OCC. The van der Waals surface area contributed by atoms with Crippen molar-refractivity contribution in [2.24, 2.45) is 0 Å². The van der Waals surface area contributed by atoms with Crippen molar-refractivity contribution < 1.29 is 37.6 Å². The van der Waals surface area contributed by atoms with Gasteiger partial charge in [-0.15, -0.1) is 0 Å². The Labute approximate surface area is 327 Å². The molecule has 0 aliphatic heterocycles. The van der Waals surface area contributed by atoms with Gasteiger partial charge in [0.2, 0.25) is 0 Å². The van der Waals surface area contributed by atoms with Gasteiger partial charge in [-0.05, 0) is 45.4 Å². The number of hydrogen-bond acceptors (Lipinski definition) is 7. The number of unbranched alkanes of at least 4 members (excludes halogenated alkanes) is 28. The van der Waals surface area contributed by atoms with Crippen LogP contribution in [0.2, 0.25) is 0 Å². The quantitative estimate of drug-likeness (QED) is 0.0283. The molecule has 53 heavy (non-hydrogen) atoms. The average molecular weight is 773 g/mol. The van der Waals surface area contributed by atoms with Crippen LogP contribution in [-0.2, 0) is 32.7 Å². The molecule has 0 aliphatic rings. The van der Waals surface area contributed by atoms with Gasteiger partial charge in [0, 0.05) is 12.8 Å². The summed E-state index contributed by atoms with van der Waals surface area (Å²) in [6.07, 6.45) is 42.6. The predicted octanol–water partition coefficient (Wildman–Crippen LogP) is 14.1. The molecule has 9 heteroatoms. The molecule has 0 aromatic heterocycles. The molecular weight excluding hydrogens is 687 g/mol.